The molecule has 5 heteroatoms. The van der Waals surface area contributed by atoms with Gasteiger partial charge in [-0.2, -0.15) is 0 Å². The van der Waals surface area contributed by atoms with Crippen molar-refractivity contribution in [3.05, 3.63) is 95.8 Å². The molecule has 0 bridgehead atoms. The normalized spacial score (nSPS) is 12.1. The summed E-state index contributed by atoms with van der Waals surface area (Å²) in [4.78, 5) is 0. The number of hydrogen-bond acceptors (Lipinski definition) is 4. The molecule has 0 N–H and O–H groups in total. The number of fused-ring (bicyclic) bond motifs is 1. The molecule has 0 fully saturated rings. The first-order valence-corrected chi connectivity index (χ1v) is 11.4. The van der Waals surface area contributed by atoms with Crippen LogP contribution < -0.4 is 4.74 Å². The molecule has 4 nitrogen and oxygen atoms in total. The lowest BCUT2D eigenvalue weighted by molar-refractivity contribution is 0.210. The Bertz CT molecular complexity index is 1210. The maximum atomic E-state index is 6.19. The fourth-order valence-electron chi connectivity index (χ4n) is 3.61. The fourth-order valence-corrected chi connectivity index (χ4v) is 4.57. The molecule has 0 saturated carbocycles. The quantitative estimate of drug-likeness (QED) is 0.232. The number of aryl methyl sites for hydroxylation is 2. The van der Waals surface area contributed by atoms with Crippen LogP contribution in [0.1, 0.15) is 35.5 Å². The number of benzene rings is 3. The van der Waals surface area contributed by atoms with E-state index in [1.807, 2.05) is 19.1 Å². The largest absolute Gasteiger partial charge is 0.483 e. The summed E-state index contributed by atoms with van der Waals surface area (Å²) in [5.74, 6) is 2.47. The van der Waals surface area contributed by atoms with E-state index in [1.165, 1.54) is 27.5 Å². The summed E-state index contributed by atoms with van der Waals surface area (Å²) in [5, 5.41) is 12.3. The Hall–Kier alpha value is -3.05. The Kier molecular flexibility index (Phi) is 6.42. The first-order chi connectivity index (χ1) is 15.1. The van der Waals surface area contributed by atoms with E-state index in [1.54, 1.807) is 11.8 Å². The van der Waals surface area contributed by atoms with E-state index in [0.29, 0.717) is 6.54 Å². The maximum Gasteiger partial charge on any atom is 0.191 e. The zero-order valence-corrected chi connectivity index (χ0v) is 19.0. The van der Waals surface area contributed by atoms with Gasteiger partial charge in [-0.1, -0.05) is 66.4 Å². The summed E-state index contributed by atoms with van der Waals surface area (Å²) in [5.41, 5.74) is 3.75. The van der Waals surface area contributed by atoms with Gasteiger partial charge in [-0.05, 0) is 60.4 Å². The summed E-state index contributed by atoms with van der Waals surface area (Å²) in [7, 11) is 0. The van der Waals surface area contributed by atoms with Crippen LogP contribution in [0.25, 0.3) is 10.8 Å². The maximum absolute atomic E-state index is 6.19. The minimum Gasteiger partial charge on any atom is -0.483 e. The van der Waals surface area contributed by atoms with Crippen LogP contribution in [-0.4, -0.2) is 14.8 Å². The van der Waals surface area contributed by atoms with Crippen LogP contribution in [-0.2, 0) is 12.3 Å². The van der Waals surface area contributed by atoms with Crippen LogP contribution >= 0.6 is 11.8 Å². The van der Waals surface area contributed by atoms with Crippen molar-refractivity contribution in [2.75, 3.05) is 0 Å². The molecule has 1 atom stereocenters. The number of thioether (sulfide) groups is 1. The monoisotopic (exact) mass is 429 g/mol. The number of ether oxygens (including phenoxy) is 1. The van der Waals surface area contributed by atoms with Crippen LogP contribution in [0.3, 0.4) is 0 Å². The van der Waals surface area contributed by atoms with Crippen molar-refractivity contribution in [3.8, 4) is 5.75 Å². The van der Waals surface area contributed by atoms with Gasteiger partial charge in [0.2, 0.25) is 0 Å². The summed E-state index contributed by atoms with van der Waals surface area (Å²) in [6.45, 7) is 10.8. The molecule has 4 rings (SSSR count). The Morgan fingerprint density at radius 2 is 1.84 bits per heavy atom. The first-order valence-electron chi connectivity index (χ1n) is 10.4. The van der Waals surface area contributed by atoms with E-state index >= 15 is 0 Å². The molecule has 3 aromatic carbocycles. The highest BCUT2D eigenvalue weighted by Crippen LogP contribution is 2.29. The van der Waals surface area contributed by atoms with Crippen LogP contribution in [0.5, 0.6) is 5.75 Å². The summed E-state index contributed by atoms with van der Waals surface area (Å²) in [6, 6.07) is 21.1. The van der Waals surface area contributed by atoms with Gasteiger partial charge in [0, 0.05) is 12.3 Å². The molecular formula is C26H27N3OS. The number of hydrogen-bond donors (Lipinski definition) is 0. The average molecular weight is 430 g/mol. The first kappa shape index (κ1) is 21.2. The number of nitrogens with zero attached hydrogens (tertiary/aromatic N) is 3. The summed E-state index contributed by atoms with van der Waals surface area (Å²) >= 11 is 1.69. The van der Waals surface area contributed by atoms with E-state index in [-0.39, 0.29) is 6.10 Å². The highest BCUT2D eigenvalue weighted by atomic mass is 32.2. The lowest BCUT2D eigenvalue weighted by atomic mass is 10.1. The van der Waals surface area contributed by atoms with Gasteiger partial charge in [0.1, 0.15) is 5.75 Å². The van der Waals surface area contributed by atoms with Crippen molar-refractivity contribution in [3.63, 3.8) is 0 Å². The van der Waals surface area contributed by atoms with Crippen molar-refractivity contribution < 1.29 is 4.74 Å². The lowest BCUT2D eigenvalue weighted by Crippen LogP contribution is -2.12. The van der Waals surface area contributed by atoms with E-state index in [2.05, 4.69) is 89.8 Å². The average Bonchev–Trinajstić information content (AvgIpc) is 3.18. The van der Waals surface area contributed by atoms with Gasteiger partial charge in [0.15, 0.2) is 17.1 Å². The Labute approximate surface area is 188 Å². The molecule has 1 aromatic heterocycles. The molecule has 0 radical (unpaired) electrons. The van der Waals surface area contributed by atoms with Gasteiger partial charge in [0.25, 0.3) is 0 Å². The number of allylic oxidation sites excluding steroid dienone is 1. The molecule has 0 saturated heterocycles. The Morgan fingerprint density at radius 1 is 1.03 bits per heavy atom. The number of rotatable bonds is 8. The van der Waals surface area contributed by atoms with Gasteiger partial charge in [0.05, 0.1) is 0 Å². The molecule has 158 valence electrons. The standard InChI is InChI=1S/C26H27N3OS/c1-5-15-29-25(20(4)30-23-14-13-18(2)19(3)16-23)27-28-26(29)31-17-22-11-8-10-21-9-6-7-12-24(21)22/h5-14,16,20H,1,15,17H2,2-4H3. The molecule has 1 unspecified atom stereocenters. The SMILES string of the molecule is C=CCn1c(SCc2cccc3ccccc23)nnc1C(C)Oc1ccc(C)c(C)c1. The highest BCUT2D eigenvalue weighted by Gasteiger charge is 2.19. The van der Waals surface area contributed by atoms with Crippen LogP contribution in [0.2, 0.25) is 0 Å². The van der Waals surface area contributed by atoms with E-state index in [4.69, 9.17) is 4.74 Å². The van der Waals surface area contributed by atoms with Crippen molar-refractivity contribution in [2.24, 2.45) is 0 Å². The second-order valence-electron chi connectivity index (χ2n) is 7.67. The zero-order chi connectivity index (χ0) is 21.8. The molecule has 31 heavy (non-hydrogen) atoms. The van der Waals surface area contributed by atoms with Crippen molar-refractivity contribution in [2.45, 2.75) is 44.3 Å². The Balaban J connectivity index is 1.55. The molecule has 0 amide bonds. The predicted octanol–water partition coefficient (Wildman–Crippen LogP) is 6.67. The molecule has 4 aromatic rings. The van der Waals surface area contributed by atoms with Crippen LogP contribution in [0.4, 0.5) is 0 Å². The minimum atomic E-state index is -0.221. The molecule has 1 heterocycles. The van der Waals surface area contributed by atoms with E-state index in [9.17, 15) is 0 Å². The van der Waals surface area contributed by atoms with Gasteiger partial charge in [-0.25, -0.2) is 0 Å². The second-order valence-corrected chi connectivity index (χ2v) is 8.62. The van der Waals surface area contributed by atoms with Gasteiger partial charge >= 0.3 is 0 Å². The molecule has 0 aliphatic rings. The summed E-state index contributed by atoms with van der Waals surface area (Å²) in [6.07, 6.45) is 1.65. The second kappa shape index (κ2) is 9.40. The highest BCUT2D eigenvalue weighted by molar-refractivity contribution is 7.98. The third-order valence-electron chi connectivity index (χ3n) is 5.45. The van der Waals surface area contributed by atoms with Crippen molar-refractivity contribution >= 4 is 22.5 Å². The van der Waals surface area contributed by atoms with Crippen LogP contribution in [0, 0.1) is 13.8 Å². The van der Waals surface area contributed by atoms with Gasteiger partial charge in [-0.3, -0.25) is 4.57 Å². The van der Waals surface area contributed by atoms with Crippen LogP contribution in [0.15, 0.2) is 78.5 Å². The zero-order valence-electron chi connectivity index (χ0n) is 18.2. The lowest BCUT2D eigenvalue weighted by Gasteiger charge is -2.16. The van der Waals surface area contributed by atoms with E-state index < -0.39 is 0 Å². The third kappa shape index (κ3) is 4.67. The smallest absolute Gasteiger partial charge is 0.191 e. The Morgan fingerprint density at radius 3 is 2.65 bits per heavy atom. The topological polar surface area (TPSA) is 39.9 Å². The molecule has 0 aliphatic carbocycles. The third-order valence-corrected chi connectivity index (χ3v) is 6.46. The number of aromatic nitrogens is 3. The predicted molar refractivity (Wildman–Crippen MR) is 129 cm³/mol. The van der Waals surface area contributed by atoms with Crippen molar-refractivity contribution in [1.82, 2.24) is 14.8 Å². The van der Waals surface area contributed by atoms with Crippen molar-refractivity contribution in [1.29, 1.82) is 0 Å². The van der Waals surface area contributed by atoms with Gasteiger partial charge in [-0.15, -0.1) is 16.8 Å². The minimum absolute atomic E-state index is 0.221. The van der Waals surface area contributed by atoms with E-state index in [0.717, 1.165) is 22.5 Å². The van der Waals surface area contributed by atoms with Gasteiger partial charge < -0.3 is 4.74 Å². The molecule has 0 spiro atoms. The summed E-state index contributed by atoms with van der Waals surface area (Å²) < 4.78 is 8.28. The molecular weight excluding hydrogens is 402 g/mol. The fraction of sp³-hybridized carbons (Fsp3) is 0.231. The molecule has 0 aliphatic heterocycles.